The van der Waals surface area contributed by atoms with Crippen LogP contribution in [0, 0.1) is 0 Å². The van der Waals surface area contributed by atoms with Gasteiger partial charge in [0.15, 0.2) is 5.65 Å². The van der Waals surface area contributed by atoms with Crippen molar-refractivity contribution in [1.82, 2.24) is 29.9 Å². The van der Waals surface area contributed by atoms with Gasteiger partial charge in [0.05, 0.1) is 31.9 Å². The lowest BCUT2D eigenvalue weighted by Gasteiger charge is -2.16. The highest BCUT2D eigenvalue weighted by Crippen LogP contribution is 2.31. The number of nitrogens with zero attached hydrogens (tertiary/aromatic N) is 4. The van der Waals surface area contributed by atoms with Crippen molar-refractivity contribution in [3.05, 3.63) is 41.9 Å². The fourth-order valence-electron chi connectivity index (χ4n) is 3.41. The number of pyridine rings is 1. The average Bonchev–Trinajstić information content (AvgIpc) is 3.34. The molecule has 29 heavy (non-hydrogen) atoms. The minimum absolute atomic E-state index is 0.183. The summed E-state index contributed by atoms with van der Waals surface area (Å²) in [5.74, 6) is 0.743. The molecule has 4 bridgehead atoms. The summed E-state index contributed by atoms with van der Waals surface area (Å²) in [5, 5.41) is 11.4. The highest BCUT2D eigenvalue weighted by molar-refractivity contribution is 6.02. The van der Waals surface area contributed by atoms with Crippen LogP contribution in [0.4, 0.5) is 11.5 Å². The fraction of sp³-hybridized carbons (Fsp3) is 0.263. The van der Waals surface area contributed by atoms with Crippen molar-refractivity contribution in [3.63, 3.8) is 0 Å². The Hall–Kier alpha value is -3.66. The molecule has 1 aliphatic rings. The number of hydrogen-bond donors (Lipinski definition) is 3. The van der Waals surface area contributed by atoms with E-state index in [4.69, 9.17) is 14.5 Å². The summed E-state index contributed by atoms with van der Waals surface area (Å²) in [4.78, 5) is 25.0. The number of methoxy groups -OCH3 is 1. The van der Waals surface area contributed by atoms with E-state index < -0.39 is 0 Å². The van der Waals surface area contributed by atoms with Gasteiger partial charge in [-0.3, -0.25) is 4.79 Å². The first-order valence-electron chi connectivity index (χ1n) is 9.17. The van der Waals surface area contributed by atoms with Gasteiger partial charge in [0.2, 0.25) is 5.88 Å². The summed E-state index contributed by atoms with van der Waals surface area (Å²) in [6.45, 7) is 2.60. The number of carbonyl (C=O) groups is 1. The van der Waals surface area contributed by atoms with Gasteiger partial charge in [0.25, 0.3) is 5.91 Å². The predicted octanol–water partition coefficient (Wildman–Crippen LogP) is 2.01. The second-order valence-electron chi connectivity index (χ2n) is 6.91. The maximum atomic E-state index is 12.8. The molecule has 5 heterocycles. The summed E-state index contributed by atoms with van der Waals surface area (Å²) in [6.07, 6.45) is 5.02. The Bertz CT molecular complexity index is 1230. The maximum Gasteiger partial charge on any atom is 0.257 e. The Kier molecular flexibility index (Phi) is 4.06. The number of nitrogens with one attached hydrogen (secondary N) is 3. The van der Waals surface area contributed by atoms with Crippen LogP contribution >= 0.6 is 0 Å². The monoisotopic (exact) mass is 393 g/mol. The largest absolute Gasteiger partial charge is 0.480 e. The number of aromatic amines is 1. The highest BCUT2D eigenvalue weighted by Gasteiger charge is 2.21. The molecule has 148 valence electrons. The third kappa shape index (κ3) is 2.93. The average molecular weight is 393 g/mol. The van der Waals surface area contributed by atoms with Crippen molar-refractivity contribution >= 4 is 34.1 Å². The lowest BCUT2D eigenvalue weighted by molar-refractivity contribution is 0.0821. The lowest BCUT2D eigenvalue weighted by Crippen LogP contribution is -2.35. The van der Waals surface area contributed by atoms with E-state index in [0.29, 0.717) is 41.8 Å². The van der Waals surface area contributed by atoms with Gasteiger partial charge in [-0.15, -0.1) is 0 Å². The second kappa shape index (κ2) is 6.74. The van der Waals surface area contributed by atoms with Gasteiger partial charge in [-0.1, -0.05) is 0 Å². The van der Waals surface area contributed by atoms with Crippen LogP contribution in [-0.4, -0.2) is 50.2 Å². The number of carbonyl (C=O) groups excluding carboxylic acids is 1. The first-order chi connectivity index (χ1) is 14.1. The molecule has 0 aromatic carbocycles. The Morgan fingerprint density at radius 3 is 3.10 bits per heavy atom. The van der Waals surface area contributed by atoms with Crippen molar-refractivity contribution in [2.24, 2.45) is 0 Å². The van der Waals surface area contributed by atoms with Crippen LogP contribution in [0.2, 0.25) is 0 Å². The number of aromatic nitrogens is 5. The van der Waals surface area contributed by atoms with Gasteiger partial charge in [0, 0.05) is 18.4 Å². The zero-order valence-electron chi connectivity index (χ0n) is 15.9. The number of ether oxygens (including phenoxy) is 2. The summed E-state index contributed by atoms with van der Waals surface area (Å²) in [5.41, 5.74) is 3.08. The van der Waals surface area contributed by atoms with Gasteiger partial charge in [-0.25, -0.2) is 9.97 Å². The van der Waals surface area contributed by atoms with Gasteiger partial charge < -0.3 is 25.1 Å². The first kappa shape index (κ1) is 17.4. The topological polar surface area (TPSA) is 118 Å². The third-order valence-corrected chi connectivity index (χ3v) is 4.77. The molecule has 1 unspecified atom stereocenters. The Labute approximate surface area is 165 Å². The molecule has 4 aromatic heterocycles. The molecule has 0 radical (unpaired) electrons. The molecule has 1 amide bonds. The first-order valence-corrected chi connectivity index (χ1v) is 9.17. The Morgan fingerprint density at radius 2 is 2.24 bits per heavy atom. The van der Waals surface area contributed by atoms with Crippen LogP contribution in [0.25, 0.3) is 16.7 Å². The Morgan fingerprint density at radius 1 is 1.34 bits per heavy atom. The van der Waals surface area contributed by atoms with E-state index in [1.807, 2.05) is 19.1 Å². The van der Waals surface area contributed by atoms with E-state index in [9.17, 15) is 4.79 Å². The van der Waals surface area contributed by atoms with Gasteiger partial charge in [0.1, 0.15) is 22.7 Å². The fourth-order valence-corrected chi connectivity index (χ4v) is 3.41. The number of anilines is 2. The van der Waals surface area contributed by atoms with E-state index in [1.165, 1.54) is 6.20 Å². The molecule has 0 aliphatic carbocycles. The van der Waals surface area contributed by atoms with Crippen LogP contribution in [0.15, 0.2) is 30.7 Å². The molecular weight excluding hydrogens is 374 g/mol. The van der Waals surface area contributed by atoms with E-state index >= 15 is 0 Å². The summed E-state index contributed by atoms with van der Waals surface area (Å²) >= 11 is 0. The van der Waals surface area contributed by atoms with Crippen LogP contribution in [0.3, 0.4) is 0 Å². The van der Waals surface area contributed by atoms with E-state index in [-0.39, 0.29) is 11.9 Å². The number of amides is 1. The molecule has 4 aromatic rings. The molecule has 0 fully saturated rings. The van der Waals surface area contributed by atoms with Crippen molar-refractivity contribution < 1.29 is 14.3 Å². The summed E-state index contributed by atoms with van der Waals surface area (Å²) in [6, 6.07) is 3.63. The molecule has 10 heteroatoms. The lowest BCUT2D eigenvalue weighted by atomic mass is 10.2. The normalized spacial score (nSPS) is 17.2. The minimum Gasteiger partial charge on any atom is -0.480 e. The summed E-state index contributed by atoms with van der Waals surface area (Å²) in [7, 11) is 1.56. The van der Waals surface area contributed by atoms with Crippen molar-refractivity contribution in [2.75, 3.05) is 19.0 Å². The molecule has 3 N–H and O–H groups in total. The maximum absolute atomic E-state index is 12.8. The SMILES string of the molecule is COc1ncc2cc1Nc1nc3c(cnn3c3[nH]ccc13)C(=O)NC(C)COC2. The van der Waals surface area contributed by atoms with Crippen molar-refractivity contribution in [2.45, 2.75) is 19.6 Å². The van der Waals surface area contributed by atoms with Crippen LogP contribution in [-0.2, 0) is 11.3 Å². The predicted molar refractivity (Wildman–Crippen MR) is 105 cm³/mol. The number of rotatable bonds is 1. The zero-order chi connectivity index (χ0) is 20.0. The molecule has 5 rings (SSSR count). The second-order valence-corrected chi connectivity index (χ2v) is 6.91. The quantitative estimate of drug-likeness (QED) is 0.453. The Balaban J connectivity index is 1.74. The number of fused-ring (bicyclic) bond motifs is 6. The molecule has 10 nitrogen and oxygen atoms in total. The molecule has 0 spiro atoms. The summed E-state index contributed by atoms with van der Waals surface area (Å²) < 4.78 is 12.8. The molecule has 0 saturated carbocycles. The molecule has 1 aliphatic heterocycles. The third-order valence-electron chi connectivity index (χ3n) is 4.77. The van der Waals surface area contributed by atoms with Crippen LogP contribution in [0.1, 0.15) is 22.8 Å². The highest BCUT2D eigenvalue weighted by atomic mass is 16.5. The zero-order valence-corrected chi connectivity index (χ0v) is 15.9. The van der Waals surface area contributed by atoms with Crippen molar-refractivity contribution in [1.29, 1.82) is 0 Å². The van der Waals surface area contributed by atoms with E-state index in [0.717, 1.165) is 16.6 Å². The van der Waals surface area contributed by atoms with E-state index in [1.54, 1.807) is 24.0 Å². The molecule has 1 atom stereocenters. The minimum atomic E-state index is -0.254. The van der Waals surface area contributed by atoms with Crippen molar-refractivity contribution in [3.8, 4) is 5.88 Å². The molecular formula is C19H19N7O3. The smallest absolute Gasteiger partial charge is 0.257 e. The van der Waals surface area contributed by atoms with Gasteiger partial charge in [-0.2, -0.15) is 9.61 Å². The number of hydrogen-bond acceptors (Lipinski definition) is 7. The molecule has 0 saturated heterocycles. The van der Waals surface area contributed by atoms with Crippen LogP contribution in [0.5, 0.6) is 5.88 Å². The number of H-pyrrole nitrogens is 1. The van der Waals surface area contributed by atoms with Gasteiger partial charge >= 0.3 is 0 Å². The van der Waals surface area contributed by atoms with E-state index in [2.05, 4.69) is 25.7 Å². The van der Waals surface area contributed by atoms with Gasteiger partial charge in [-0.05, 0) is 24.6 Å². The standard InChI is InChI=1S/C19H19N7O3/c1-10-8-29-9-11-5-14(19(28-2)21-6-11)24-15-12-3-4-20-16(12)26-17(25-15)13(7-22-26)18(27)23-10/h3-7,10,20H,8-9H2,1-2H3,(H,23,27)(H,24,25). The van der Waals surface area contributed by atoms with Crippen LogP contribution < -0.4 is 15.4 Å².